The van der Waals surface area contributed by atoms with E-state index >= 15 is 0 Å². The topological polar surface area (TPSA) is 90.5 Å². The lowest BCUT2D eigenvalue weighted by Crippen LogP contribution is -2.55. The normalized spacial score (nSPS) is 14.5. The highest BCUT2D eigenvalue weighted by atomic mass is 16.3. The Morgan fingerprint density at radius 1 is 1.11 bits per heavy atom. The van der Waals surface area contributed by atoms with E-state index in [-0.39, 0.29) is 36.3 Å². The minimum Gasteiger partial charge on any atom is -0.394 e. The zero-order valence-electron chi connectivity index (χ0n) is 16.7. The van der Waals surface area contributed by atoms with E-state index in [0.717, 1.165) is 0 Å². The molecule has 0 aliphatic carbocycles. The van der Waals surface area contributed by atoms with Crippen LogP contribution in [0.1, 0.15) is 34.1 Å². The van der Waals surface area contributed by atoms with Gasteiger partial charge >= 0.3 is 0 Å². The van der Waals surface area contributed by atoms with Crippen molar-refractivity contribution in [2.75, 3.05) is 11.9 Å². The first kappa shape index (κ1) is 22.9. The number of rotatable bonds is 11. The molecule has 0 spiro atoms. The molecule has 0 aliphatic rings. The van der Waals surface area contributed by atoms with E-state index in [1.165, 1.54) is 0 Å². The molecule has 1 aromatic carbocycles. The van der Waals surface area contributed by atoms with Crippen LogP contribution < -0.4 is 16.0 Å². The van der Waals surface area contributed by atoms with Crippen LogP contribution in [0, 0.1) is 11.8 Å². The Hall–Kier alpha value is -2.18. The quantitative estimate of drug-likeness (QED) is 0.447. The predicted octanol–water partition coefficient (Wildman–Crippen LogP) is 2.32. The maximum absolute atomic E-state index is 12.8. The van der Waals surface area contributed by atoms with Crippen LogP contribution in [0.25, 0.3) is 0 Å². The Kier molecular flexibility index (Phi) is 9.75. The first-order valence-corrected chi connectivity index (χ1v) is 9.44. The molecule has 1 aromatic rings. The van der Waals surface area contributed by atoms with Gasteiger partial charge in [0, 0.05) is 11.7 Å². The standard InChI is InChI=1S/C21H33N3O3/c1-6-16(13-25)22-19(15(4)5)21(27)24-18(12-14(2)3)20(26)23-17-10-8-7-9-11-17/h6-11,14-16,18-19,22,25H,1,12-13H2,2-5H3,(H,23,26)(H,24,27)/t16-,18-,19+/m1/s1. The molecule has 0 bridgehead atoms. The molecule has 0 fully saturated rings. The fourth-order valence-electron chi connectivity index (χ4n) is 2.71. The molecule has 6 heteroatoms. The van der Waals surface area contributed by atoms with E-state index in [2.05, 4.69) is 22.5 Å². The SMILES string of the molecule is C=C[C@H](CO)N[C@H](C(=O)N[C@H](CC(C)C)C(=O)Nc1ccccc1)C(C)C. The summed E-state index contributed by atoms with van der Waals surface area (Å²) in [6.45, 7) is 11.4. The molecule has 0 unspecified atom stereocenters. The van der Waals surface area contributed by atoms with Crippen molar-refractivity contribution in [3.63, 3.8) is 0 Å². The molecule has 150 valence electrons. The molecule has 0 heterocycles. The number of benzene rings is 1. The Balaban J connectivity index is 2.87. The van der Waals surface area contributed by atoms with Gasteiger partial charge in [-0.2, -0.15) is 0 Å². The molecule has 2 amide bonds. The average Bonchev–Trinajstić information content (AvgIpc) is 2.62. The highest BCUT2D eigenvalue weighted by molar-refractivity contribution is 5.97. The van der Waals surface area contributed by atoms with Crippen LogP contribution in [0.15, 0.2) is 43.0 Å². The Morgan fingerprint density at radius 3 is 2.22 bits per heavy atom. The lowest BCUT2D eigenvalue weighted by molar-refractivity contribution is -0.129. The zero-order chi connectivity index (χ0) is 20.4. The first-order chi connectivity index (χ1) is 12.8. The average molecular weight is 376 g/mol. The van der Waals surface area contributed by atoms with E-state index in [9.17, 15) is 14.7 Å². The van der Waals surface area contributed by atoms with Gasteiger partial charge in [0.25, 0.3) is 0 Å². The summed E-state index contributed by atoms with van der Waals surface area (Å²) >= 11 is 0. The molecular weight excluding hydrogens is 342 g/mol. The smallest absolute Gasteiger partial charge is 0.246 e. The van der Waals surface area contributed by atoms with Gasteiger partial charge in [-0.05, 0) is 30.4 Å². The Labute approximate surface area is 162 Å². The van der Waals surface area contributed by atoms with Crippen LogP contribution in [-0.2, 0) is 9.59 Å². The molecule has 0 radical (unpaired) electrons. The van der Waals surface area contributed by atoms with Gasteiger partial charge in [0.15, 0.2) is 0 Å². The molecule has 0 aromatic heterocycles. The van der Waals surface area contributed by atoms with Gasteiger partial charge in [-0.15, -0.1) is 6.58 Å². The summed E-state index contributed by atoms with van der Waals surface area (Å²) in [6.07, 6.45) is 2.09. The highest BCUT2D eigenvalue weighted by Crippen LogP contribution is 2.12. The van der Waals surface area contributed by atoms with Crippen LogP contribution in [0.5, 0.6) is 0 Å². The number of hydrogen-bond acceptors (Lipinski definition) is 4. The van der Waals surface area contributed by atoms with E-state index < -0.39 is 12.1 Å². The van der Waals surface area contributed by atoms with Crippen molar-refractivity contribution in [2.45, 2.75) is 52.2 Å². The van der Waals surface area contributed by atoms with Gasteiger partial charge in [0.2, 0.25) is 11.8 Å². The minimum absolute atomic E-state index is 0.0177. The van der Waals surface area contributed by atoms with E-state index in [1.807, 2.05) is 45.9 Å². The number of nitrogens with one attached hydrogen (secondary N) is 3. The van der Waals surface area contributed by atoms with Crippen molar-refractivity contribution in [1.29, 1.82) is 0 Å². The van der Waals surface area contributed by atoms with Crippen molar-refractivity contribution < 1.29 is 14.7 Å². The number of hydrogen-bond donors (Lipinski definition) is 4. The number of anilines is 1. The number of para-hydroxylation sites is 1. The molecule has 3 atom stereocenters. The van der Waals surface area contributed by atoms with Crippen LogP contribution >= 0.6 is 0 Å². The zero-order valence-corrected chi connectivity index (χ0v) is 16.7. The largest absolute Gasteiger partial charge is 0.394 e. The lowest BCUT2D eigenvalue weighted by Gasteiger charge is -2.28. The van der Waals surface area contributed by atoms with Crippen LogP contribution in [0.3, 0.4) is 0 Å². The second kappa shape index (κ2) is 11.5. The summed E-state index contributed by atoms with van der Waals surface area (Å²) in [7, 11) is 0. The predicted molar refractivity (Wildman–Crippen MR) is 109 cm³/mol. The van der Waals surface area contributed by atoms with Gasteiger partial charge in [0.05, 0.1) is 12.6 Å². The highest BCUT2D eigenvalue weighted by Gasteiger charge is 2.29. The fourth-order valence-corrected chi connectivity index (χ4v) is 2.71. The van der Waals surface area contributed by atoms with Crippen LogP contribution in [0.4, 0.5) is 5.69 Å². The Morgan fingerprint density at radius 2 is 1.74 bits per heavy atom. The number of carbonyl (C=O) groups is 2. The van der Waals surface area contributed by atoms with Gasteiger partial charge < -0.3 is 15.7 Å². The number of aliphatic hydroxyl groups excluding tert-OH is 1. The van der Waals surface area contributed by atoms with Crippen molar-refractivity contribution >= 4 is 17.5 Å². The van der Waals surface area contributed by atoms with Gasteiger partial charge in [-0.3, -0.25) is 14.9 Å². The second-order valence-electron chi connectivity index (χ2n) is 7.46. The lowest BCUT2D eigenvalue weighted by atomic mass is 9.99. The summed E-state index contributed by atoms with van der Waals surface area (Å²) in [5.41, 5.74) is 0.691. The summed E-state index contributed by atoms with van der Waals surface area (Å²) in [6, 6.07) is 7.60. The number of aliphatic hydroxyl groups is 1. The van der Waals surface area contributed by atoms with E-state index in [4.69, 9.17) is 0 Å². The maximum atomic E-state index is 12.8. The van der Waals surface area contributed by atoms with Gasteiger partial charge in [-0.1, -0.05) is 52.0 Å². The fraction of sp³-hybridized carbons (Fsp3) is 0.524. The molecule has 1 rings (SSSR count). The van der Waals surface area contributed by atoms with Crippen LogP contribution in [-0.4, -0.2) is 41.7 Å². The Bertz CT molecular complexity index is 602. The van der Waals surface area contributed by atoms with Crippen molar-refractivity contribution in [3.8, 4) is 0 Å². The monoisotopic (exact) mass is 375 g/mol. The maximum Gasteiger partial charge on any atom is 0.246 e. The van der Waals surface area contributed by atoms with E-state index in [1.54, 1.807) is 18.2 Å². The number of amides is 2. The molecule has 0 saturated heterocycles. The molecule has 0 aliphatic heterocycles. The molecular formula is C21H33N3O3. The summed E-state index contributed by atoms with van der Waals surface area (Å²) in [5.74, 6) is -0.288. The minimum atomic E-state index is -0.642. The van der Waals surface area contributed by atoms with Gasteiger partial charge in [0.1, 0.15) is 6.04 Å². The number of carbonyl (C=O) groups excluding carboxylic acids is 2. The van der Waals surface area contributed by atoms with Crippen LogP contribution in [0.2, 0.25) is 0 Å². The third-order valence-electron chi connectivity index (χ3n) is 4.21. The molecule has 4 N–H and O–H groups in total. The molecule has 27 heavy (non-hydrogen) atoms. The molecule has 0 saturated carbocycles. The van der Waals surface area contributed by atoms with Crippen molar-refractivity contribution in [1.82, 2.24) is 10.6 Å². The summed E-state index contributed by atoms with van der Waals surface area (Å²) in [4.78, 5) is 25.5. The summed E-state index contributed by atoms with van der Waals surface area (Å²) in [5, 5.41) is 18.2. The third kappa shape index (κ3) is 7.93. The second-order valence-corrected chi connectivity index (χ2v) is 7.46. The summed E-state index contributed by atoms with van der Waals surface area (Å²) < 4.78 is 0. The van der Waals surface area contributed by atoms with Crippen molar-refractivity contribution in [2.24, 2.45) is 11.8 Å². The first-order valence-electron chi connectivity index (χ1n) is 9.44. The molecule has 6 nitrogen and oxygen atoms in total. The van der Waals surface area contributed by atoms with Crippen molar-refractivity contribution in [3.05, 3.63) is 43.0 Å². The third-order valence-corrected chi connectivity index (χ3v) is 4.21. The van der Waals surface area contributed by atoms with Gasteiger partial charge in [-0.25, -0.2) is 0 Å². The van der Waals surface area contributed by atoms with E-state index in [0.29, 0.717) is 12.1 Å².